The number of allylic oxidation sites excluding steroid dienone is 1. The fraction of sp³-hybridized carbons (Fsp3) is 0.250. The average Bonchev–Trinajstić information content (AvgIpc) is 3.40. The maximum absolute atomic E-state index is 14.0. The van der Waals surface area contributed by atoms with Gasteiger partial charge < -0.3 is 14.0 Å². The van der Waals surface area contributed by atoms with Gasteiger partial charge in [0.2, 0.25) is 0 Å². The Morgan fingerprint density at radius 2 is 1.95 bits per heavy atom. The van der Waals surface area contributed by atoms with Crippen LogP contribution in [0.1, 0.15) is 44.0 Å². The van der Waals surface area contributed by atoms with Gasteiger partial charge in [0.15, 0.2) is 4.80 Å². The molecule has 4 aromatic rings. The standard InChI is InChI=1S/C28H26ClN3O4S/c1-15(2)31-14-17(19-8-6-7-9-21(19)31)12-23-26(33)32-25(20-13-18(29)10-11-22(20)35-4)24(27(34)36-5)16(3)30-28(32)37-23/h6-15,25H,1-5H3/b23-12-/t25-/m0/s1. The third kappa shape index (κ3) is 4.20. The molecule has 2 aromatic carbocycles. The topological polar surface area (TPSA) is 74.8 Å². The number of rotatable bonds is 5. The highest BCUT2D eigenvalue weighted by Crippen LogP contribution is 2.37. The third-order valence-corrected chi connectivity index (χ3v) is 7.75. The first kappa shape index (κ1) is 25.0. The van der Waals surface area contributed by atoms with Crippen LogP contribution in [0.2, 0.25) is 5.02 Å². The highest BCUT2D eigenvalue weighted by molar-refractivity contribution is 7.07. The molecule has 5 rings (SSSR count). The Balaban J connectivity index is 1.80. The lowest BCUT2D eigenvalue weighted by Gasteiger charge is -2.25. The molecule has 0 bridgehead atoms. The van der Waals surface area contributed by atoms with E-state index in [9.17, 15) is 9.59 Å². The predicted molar refractivity (Wildman–Crippen MR) is 146 cm³/mol. The SMILES string of the molecule is COC(=O)C1=C(C)N=c2s/c(=C\c3cn(C(C)C)c4ccccc34)c(=O)n2[C@H]1c1cc(Cl)ccc1OC. The van der Waals surface area contributed by atoms with Crippen molar-refractivity contribution in [2.45, 2.75) is 32.9 Å². The van der Waals surface area contributed by atoms with Crippen molar-refractivity contribution < 1.29 is 14.3 Å². The van der Waals surface area contributed by atoms with E-state index in [1.165, 1.54) is 30.1 Å². The van der Waals surface area contributed by atoms with Crippen molar-refractivity contribution in [3.05, 3.63) is 95.8 Å². The highest BCUT2D eigenvalue weighted by atomic mass is 35.5. The molecular formula is C28H26ClN3O4S. The Kier molecular flexibility index (Phi) is 6.56. The molecule has 9 heteroatoms. The van der Waals surface area contributed by atoms with E-state index in [-0.39, 0.29) is 17.2 Å². The minimum absolute atomic E-state index is 0.258. The molecule has 1 aliphatic heterocycles. The van der Waals surface area contributed by atoms with Gasteiger partial charge in [-0.1, -0.05) is 41.1 Å². The van der Waals surface area contributed by atoms with Gasteiger partial charge in [-0.15, -0.1) is 0 Å². The summed E-state index contributed by atoms with van der Waals surface area (Å²) in [5.74, 6) is -0.0670. The molecule has 0 spiro atoms. The van der Waals surface area contributed by atoms with Gasteiger partial charge in [0.05, 0.1) is 30.0 Å². The van der Waals surface area contributed by atoms with Crippen molar-refractivity contribution in [2.24, 2.45) is 4.99 Å². The van der Waals surface area contributed by atoms with E-state index in [4.69, 9.17) is 21.1 Å². The molecule has 7 nitrogen and oxygen atoms in total. The van der Waals surface area contributed by atoms with Gasteiger partial charge in [0.1, 0.15) is 11.8 Å². The fourth-order valence-electron chi connectivity index (χ4n) is 4.82. The molecule has 0 amide bonds. The van der Waals surface area contributed by atoms with Crippen LogP contribution in [0.5, 0.6) is 5.75 Å². The van der Waals surface area contributed by atoms with E-state index in [0.29, 0.717) is 31.4 Å². The van der Waals surface area contributed by atoms with Crippen molar-refractivity contribution in [1.82, 2.24) is 9.13 Å². The van der Waals surface area contributed by atoms with Gasteiger partial charge in [0, 0.05) is 39.3 Å². The van der Waals surface area contributed by atoms with E-state index < -0.39 is 12.0 Å². The molecule has 0 N–H and O–H groups in total. The average molecular weight is 536 g/mol. The summed E-state index contributed by atoms with van der Waals surface area (Å²) in [5, 5.41) is 1.51. The number of nitrogens with zero attached hydrogens (tertiary/aromatic N) is 3. The van der Waals surface area contributed by atoms with Crippen LogP contribution < -0.4 is 19.6 Å². The van der Waals surface area contributed by atoms with E-state index in [1.807, 2.05) is 18.2 Å². The van der Waals surface area contributed by atoms with Gasteiger partial charge in [-0.2, -0.15) is 0 Å². The first-order valence-corrected chi connectivity index (χ1v) is 13.0. The van der Waals surface area contributed by atoms with Crippen LogP contribution in [-0.2, 0) is 9.53 Å². The molecule has 2 aromatic heterocycles. The molecule has 1 atom stereocenters. The predicted octanol–water partition coefficient (Wildman–Crippen LogP) is 4.61. The molecule has 0 fully saturated rings. The zero-order valence-electron chi connectivity index (χ0n) is 21.1. The molecule has 190 valence electrons. The molecule has 37 heavy (non-hydrogen) atoms. The summed E-state index contributed by atoms with van der Waals surface area (Å²) in [5.41, 5.74) is 3.10. The lowest BCUT2D eigenvalue weighted by molar-refractivity contribution is -0.136. The smallest absolute Gasteiger partial charge is 0.338 e. The van der Waals surface area contributed by atoms with Crippen LogP contribution >= 0.6 is 22.9 Å². The second kappa shape index (κ2) is 9.68. The molecule has 0 saturated carbocycles. The van der Waals surface area contributed by atoms with Crippen molar-refractivity contribution in [3.63, 3.8) is 0 Å². The maximum atomic E-state index is 14.0. The molecule has 0 radical (unpaired) electrons. The number of thiazole rings is 1. The summed E-state index contributed by atoms with van der Waals surface area (Å²) in [7, 11) is 2.85. The quantitative estimate of drug-likeness (QED) is 0.350. The van der Waals surface area contributed by atoms with E-state index in [2.05, 4.69) is 41.7 Å². The second-order valence-corrected chi connectivity index (χ2v) is 10.5. The number of carbonyl (C=O) groups is 1. The number of halogens is 1. The van der Waals surface area contributed by atoms with Crippen molar-refractivity contribution in [2.75, 3.05) is 14.2 Å². The Morgan fingerprint density at radius 1 is 1.19 bits per heavy atom. The van der Waals surface area contributed by atoms with Gasteiger partial charge in [-0.3, -0.25) is 9.36 Å². The monoisotopic (exact) mass is 535 g/mol. The Morgan fingerprint density at radius 3 is 2.65 bits per heavy atom. The summed E-state index contributed by atoms with van der Waals surface area (Å²) in [6.07, 6.45) is 3.96. The first-order valence-electron chi connectivity index (χ1n) is 11.8. The minimum Gasteiger partial charge on any atom is -0.496 e. The minimum atomic E-state index is -0.809. The zero-order valence-corrected chi connectivity index (χ0v) is 22.7. The van der Waals surface area contributed by atoms with Gasteiger partial charge in [-0.05, 0) is 51.1 Å². The summed E-state index contributed by atoms with van der Waals surface area (Å²) in [6.45, 7) is 5.99. The summed E-state index contributed by atoms with van der Waals surface area (Å²) in [6, 6.07) is 12.7. The molecular weight excluding hydrogens is 510 g/mol. The molecule has 0 unspecified atom stereocenters. The van der Waals surface area contributed by atoms with Crippen LogP contribution in [0.15, 0.2) is 69.7 Å². The Bertz CT molecular complexity index is 1760. The van der Waals surface area contributed by atoms with E-state index >= 15 is 0 Å². The number of hydrogen-bond donors (Lipinski definition) is 0. The highest BCUT2D eigenvalue weighted by Gasteiger charge is 2.35. The number of ether oxygens (including phenoxy) is 2. The number of methoxy groups -OCH3 is 2. The number of benzene rings is 2. The molecule has 0 saturated heterocycles. The van der Waals surface area contributed by atoms with Crippen LogP contribution in [0.3, 0.4) is 0 Å². The number of aromatic nitrogens is 2. The number of hydrogen-bond acceptors (Lipinski definition) is 6. The van der Waals surface area contributed by atoms with E-state index in [0.717, 1.165) is 16.5 Å². The zero-order chi connectivity index (χ0) is 26.4. The largest absolute Gasteiger partial charge is 0.496 e. The number of para-hydroxylation sites is 1. The Labute approximate surface area is 222 Å². The maximum Gasteiger partial charge on any atom is 0.338 e. The van der Waals surface area contributed by atoms with E-state index in [1.54, 1.807) is 25.1 Å². The third-order valence-electron chi connectivity index (χ3n) is 6.53. The van der Waals surface area contributed by atoms with Crippen molar-refractivity contribution in [1.29, 1.82) is 0 Å². The van der Waals surface area contributed by atoms with Gasteiger partial charge in [0.25, 0.3) is 5.56 Å². The van der Waals surface area contributed by atoms with Crippen LogP contribution in [0.4, 0.5) is 0 Å². The first-order chi connectivity index (χ1) is 17.7. The molecule has 1 aliphatic rings. The normalized spacial score (nSPS) is 15.8. The summed E-state index contributed by atoms with van der Waals surface area (Å²) < 4.78 is 14.9. The summed E-state index contributed by atoms with van der Waals surface area (Å²) >= 11 is 7.63. The molecule has 3 heterocycles. The molecule has 0 aliphatic carbocycles. The lowest BCUT2D eigenvalue weighted by atomic mass is 9.95. The van der Waals surface area contributed by atoms with Crippen LogP contribution in [0, 0.1) is 0 Å². The number of esters is 1. The van der Waals surface area contributed by atoms with Crippen molar-refractivity contribution >= 4 is 45.9 Å². The number of carbonyl (C=O) groups excluding carboxylic acids is 1. The summed E-state index contributed by atoms with van der Waals surface area (Å²) in [4.78, 5) is 32.0. The fourth-order valence-corrected chi connectivity index (χ4v) is 6.04. The number of fused-ring (bicyclic) bond motifs is 2. The van der Waals surface area contributed by atoms with Gasteiger partial charge >= 0.3 is 5.97 Å². The Hall–Kier alpha value is -3.62. The van der Waals surface area contributed by atoms with Crippen LogP contribution in [-0.4, -0.2) is 29.3 Å². The van der Waals surface area contributed by atoms with Crippen molar-refractivity contribution in [3.8, 4) is 5.75 Å². The van der Waals surface area contributed by atoms with Gasteiger partial charge in [-0.25, -0.2) is 9.79 Å². The second-order valence-electron chi connectivity index (χ2n) is 9.06. The lowest BCUT2D eigenvalue weighted by Crippen LogP contribution is -2.40. The van der Waals surface area contributed by atoms with Crippen LogP contribution in [0.25, 0.3) is 17.0 Å².